The van der Waals surface area contributed by atoms with Crippen LogP contribution in [0, 0.1) is 12.7 Å². The SMILES string of the molecule is Cc1ccc2c(c1)c(=O)c(C(=O)c1ccc3c(c1)OCO3)cn2Cc1ccc(F)cc1. The predicted octanol–water partition coefficient (Wildman–Crippen LogP) is 4.46. The molecule has 0 aliphatic carbocycles. The Labute approximate surface area is 177 Å². The second-order valence-corrected chi connectivity index (χ2v) is 7.54. The molecule has 0 fully saturated rings. The Bertz CT molecular complexity index is 1390. The third-order valence-electron chi connectivity index (χ3n) is 5.38. The number of aryl methyl sites for hydroxylation is 1. The number of carbonyl (C=O) groups excluding carboxylic acids is 1. The van der Waals surface area contributed by atoms with Gasteiger partial charge in [-0.2, -0.15) is 0 Å². The molecule has 2 heterocycles. The normalized spacial score (nSPS) is 12.3. The van der Waals surface area contributed by atoms with Gasteiger partial charge >= 0.3 is 0 Å². The molecule has 0 amide bonds. The van der Waals surface area contributed by atoms with Crippen LogP contribution in [0.15, 0.2) is 71.7 Å². The first-order valence-corrected chi connectivity index (χ1v) is 9.82. The van der Waals surface area contributed by atoms with Gasteiger partial charge in [0.1, 0.15) is 5.82 Å². The van der Waals surface area contributed by atoms with Crippen molar-refractivity contribution in [1.82, 2.24) is 4.57 Å². The van der Waals surface area contributed by atoms with E-state index in [1.54, 1.807) is 42.6 Å². The zero-order valence-corrected chi connectivity index (χ0v) is 16.7. The van der Waals surface area contributed by atoms with Crippen molar-refractivity contribution >= 4 is 16.7 Å². The molecule has 154 valence electrons. The van der Waals surface area contributed by atoms with E-state index in [1.165, 1.54) is 12.1 Å². The number of ketones is 1. The molecule has 31 heavy (non-hydrogen) atoms. The average Bonchev–Trinajstić information content (AvgIpc) is 3.24. The maximum atomic E-state index is 13.3. The summed E-state index contributed by atoms with van der Waals surface area (Å²) >= 11 is 0. The van der Waals surface area contributed by atoms with Crippen molar-refractivity contribution < 1.29 is 18.7 Å². The van der Waals surface area contributed by atoms with Crippen molar-refractivity contribution in [3.8, 4) is 11.5 Å². The lowest BCUT2D eigenvalue weighted by atomic mass is 10.0. The summed E-state index contributed by atoms with van der Waals surface area (Å²) in [6.07, 6.45) is 1.58. The van der Waals surface area contributed by atoms with E-state index in [0.29, 0.717) is 34.5 Å². The number of hydrogen-bond donors (Lipinski definition) is 0. The van der Waals surface area contributed by atoms with Crippen LogP contribution in [0.5, 0.6) is 11.5 Å². The molecule has 0 radical (unpaired) electrons. The first-order valence-electron chi connectivity index (χ1n) is 9.82. The Morgan fingerprint density at radius 3 is 2.58 bits per heavy atom. The Morgan fingerprint density at radius 1 is 1.00 bits per heavy atom. The molecule has 0 saturated heterocycles. The number of ether oxygens (including phenoxy) is 2. The van der Waals surface area contributed by atoms with E-state index < -0.39 is 0 Å². The Hall–Kier alpha value is -3.93. The van der Waals surface area contributed by atoms with Gasteiger partial charge in [0.15, 0.2) is 17.3 Å². The molecule has 0 N–H and O–H groups in total. The maximum Gasteiger partial charge on any atom is 0.231 e. The molecule has 1 aromatic heterocycles. The third kappa shape index (κ3) is 3.46. The minimum atomic E-state index is -0.389. The predicted molar refractivity (Wildman–Crippen MR) is 114 cm³/mol. The second kappa shape index (κ2) is 7.40. The molecule has 6 heteroatoms. The molecule has 0 bridgehead atoms. The summed E-state index contributed by atoms with van der Waals surface area (Å²) in [4.78, 5) is 26.5. The van der Waals surface area contributed by atoms with Crippen molar-refractivity contribution in [1.29, 1.82) is 0 Å². The van der Waals surface area contributed by atoms with Crippen LogP contribution in [-0.2, 0) is 6.54 Å². The minimum Gasteiger partial charge on any atom is -0.454 e. The molecule has 5 rings (SSSR count). The topological polar surface area (TPSA) is 57.5 Å². The number of nitrogens with zero attached hydrogens (tertiary/aromatic N) is 1. The van der Waals surface area contributed by atoms with Gasteiger partial charge in [0.05, 0.1) is 11.1 Å². The van der Waals surface area contributed by atoms with Crippen molar-refractivity contribution in [3.05, 3.63) is 105 Å². The third-order valence-corrected chi connectivity index (χ3v) is 5.38. The number of hydrogen-bond acceptors (Lipinski definition) is 4. The number of halogens is 1. The summed E-state index contributed by atoms with van der Waals surface area (Å²) in [6, 6.07) is 16.6. The van der Waals surface area contributed by atoms with Crippen molar-refractivity contribution in [2.24, 2.45) is 0 Å². The Morgan fingerprint density at radius 2 is 1.77 bits per heavy atom. The summed E-state index contributed by atoms with van der Waals surface area (Å²) in [6.45, 7) is 2.39. The summed E-state index contributed by atoms with van der Waals surface area (Å²) < 4.78 is 25.8. The largest absolute Gasteiger partial charge is 0.454 e. The summed E-state index contributed by atoms with van der Waals surface area (Å²) in [5.41, 5.74) is 2.58. The van der Waals surface area contributed by atoms with E-state index in [1.807, 2.05) is 23.6 Å². The monoisotopic (exact) mass is 415 g/mol. The lowest BCUT2D eigenvalue weighted by molar-refractivity contribution is 0.103. The average molecular weight is 415 g/mol. The van der Waals surface area contributed by atoms with E-state index in [9.17, 15) is 14.0 Å². The number of fused-ring (bicyclic) bond motifs is 2. The lowest BCUT2D eigenvalue weighted by Gasteiger charge is -2.14. The van der Waals surface area contributed by atoms with E-state index in [-0.39, 0.29) is 29.4 Å². The molecule has 0 unspecified atom stereocenters. The van der Waals surface area contributed by atoms with Crippen molar-refractivity contribution in [3.63, 3.8) is 0 Å². The lowest BCUT2D eigenvalue weighted by Crippen LogP contribution is -2.20. The fourth-order valence-corrected chi connectivity index (χ4v) is 3.78. The Kier molecular flexibility index (Phi) is 4.55. The number of rotatable bonds is 4. The van der Waals surface area contributed by atoms with Crippen LogP contribution in [0.2, 0.25) is 0 Å². The smallest absolute Gasteiger partial charge is 0.231 e. The van der Waals surface area contributed by atoms with Crippen LogP contribution in [-0.4, -0.2) is 17.1 Å². The molecule has 4 aromatic rings. The number of pyridine rings is 1. The van der Waals surface area contributed by atoms with Gasteiger partial charge in [-0.1, -0.05) is 23.8 Å². The molecule has 5 nitrogen and oxygen atoms in total. The van der Waals surface area contributed by atoms with Crippen LogP contribution in [0.3, 0.4) is 0 Å². The zero-order chi connectivity index (χ0) is 21.5. The molecule has 1 aliphatic rings. The maximum absolute atomic E-state index is 13.3. The number of carbonyl (C=O) groups is 1. The highest BCUT2D eigenvalue weighted by Crippen LogP contribution is 2.33. The summed E-state index contributed by atoms with van der Waals surface area (Å²) in [5.74, 6) is 0.343. The van der Waals surface area contributed by atoms with Crippen LogP contribution < -0.4 is 14.9 Å². The molecule has 0 saturated carbocycles. The van der Waals surface area contributed by atoms with Gasteiger partial charge in [0, 0.05) is 23.7 Å². The van der Waals surface area contributed by atoms with Gasteiger partial charge in [-0.05, 0) is 55.0 Å². The van der Waals surface area contributed by atoms with Gasteiger partial charge in [-0.15, -0.1) is 0 Å². The molecular formula is C25H18FNO4. The zero-order valence-electron chi connectivity index (χ0n) is 16.7. The molecule has 3 aromatic carbocycles. The van der Waals surface area contributed by atoms with Crippen LogP contribution in [0.4, 0.5) is 4.39 Å². The van der Waals surface area contributed by atoms with E-state index >= 15 is 0 Å². The number of aromatic nitrogens is 1. The highest BCUT2D eigenvalue weighted by molar-refractivity contribution is 6.10. The van der Waals surface area contributed by atoms with E-state index in [2.05, 4.69) is 0 Å². The van der Waals surface area contributed by atoms with Crippen LogP contribution >= 0.6 is 0 Å². The molecule has 0 spiro atoms. The van der Waals surface area contributed by atoms with E-state index in [4.69, 9.17) is 9.47 Å². The van der Waals surface area contributed by atoms with Crippen molar-refractivity contribution in [2.45, 2.75) is 13.5 Å². The highest BCUT2D eigenvalue weighted by atomic mass is 19.1. The van der Waals surface area contributed by atoms with Gasteiger partial charge in [0.25, 0.3) is 0 Å². The molecular weight excluding hydrogens is 397 g/mol. The van der Waals surface area contributed by atoms with Gasteiger partial charge < -0.3 is 14.0 Å². The van der Waals surface area contributed by atoms with Gasteiger partial charge in [-0.25, -0.2) is 4.39 Å². The summed E-state index contributed by atoms with van der Waals surface area (Å²) in [5, 5.41) is 0.466. The first-order chi connectivity index (χ1) is 15.0. The highest BCUT2D eigenvalue weighted by Gasteiger charge is 2.21. The van der Waals surface area contributed by atoms with Crippen LogP contribution in [0.1, 0.15) is 27.0 Å². The molecule has 0 atom stereocenters. The fourth-order valence-electron chi connectivity index (χ4n) is 3.78. The van der Waals surface area contributed by atoms with E-state index in [0.717, 1.165) is 11.1 Å². The first kappa shape index (κ1) is 19.1. The second-order valence-electron chi connectivity index (χ2n) is 7.54. The van der Waals surface area contributed by atoms with Crippen molar-refractivity contribution in [2.75, 3.05) is 6.79 Å². The molecule has 1 aliphatic heterocycles. The van der Waals surface area contributed by atoms with Crippen LogP contribution in [0.25, 0.3) is 10.9 Å². The van der Waals surface area contributed by atoms with Gasteiger partial charge in [-0.3, -0.25) is 9.59 Å². The standard InChI is InChI=1S/C25H18FNO4/c1-15-2-8-21-19(10-15)25(29)20(13-27(21)12-16-3-6-18(26)7-4-16)24(28)17-5-9-22-23(11-17)31-14-30-22/h2-11,13H,12,14H2,1H3. The van der Waals surface area contributed by atoms with Gasteiger partial charge in [0.2, 0.25) is 12.2 Å². The minimum absolute atomic E-state index is 0.0686. The summed E-state index contributed by atoms with van der Waals surface area (Å²) in [7, 11) is 0. The Balaban J connectivity index is 1.65. The quantitative estimate of drug-likeness (QED) is 0.462. The fraction of sp³-hybridized carbons (Fsp3) is 0.120. The number of benzene rings is 3.